The summed E-state index contributed by atoms with van der Waals surface area (Å²) in [6.07, 6.45) is 2.47. The van der Waals surface area contributed by atoms with Gasteiger partial charge in [0, 0.05) is 18.7 Å². The molecule has 0 aliphatic carbocycles. The van der Waals surface area contributed by atoms with Gasteiger partial charge in [-0.05, 0) is 18.6 Å². The van der Waals surface area contributed by atoms with Crippen LogP contribution in [-0.2, 0) is 9.59 Å². The number of aryl methyl sites for hydroxylation is 1. The summed E-state index contributed by atoms with van der Waals surface area (Å²) < 4.78 is 5.40. The molecule has 1 aromatic rings. The van der Waals surface area contributed by atoms with Gasteiger partial charge >= 0.3 is 5.97 Å². The molecule has 1 amide bonds. The maximum atomic E-state index is 11.1. The normalized spacial score (nSPS) is 10.3. The maximum absolute atomic E-state index is 11.1. The summed E-state index contributed by atoms with van der Waals surface area (Å²) in [7, 11) is 1.52. The van der Waals surface area contributed by atoms with Crippen LogP contribution in [0.1, 0.15) is 11.1 Å². The molecule has 5 nitrogen and oxygen atoms in total. The van der Waals surface area contributed by atoms with E-state index in [2.05, 4.69) is 5.32 Å². The minimum absolute atomic E-state index is 0.102. The van der Waals surface area contributed by atoms with Crippen molar-refractivity contribution in [1.29, 1.82) is 0 Å². The smallest absolute Gasteiger partial charge is 0.328 e. The Balaban J connectivity index is 2.93. The summed E-state index contributed by atoms with van der Waals surface area (Å²) in [4.78, 5) is 21.6. The number of ether oxygens (including phenoxy) is 1. The van der Waals surface area contributed by atoms with E-state index in [1.165, 1.54) is 13.1 Å². The summed E-state index contributed by atoms with van der Waals surface area (Å²) in [5.41, 5.74) is 1.47. The second-order valence-electron chi connectivity index (χ2n) is 3.63. The standard InChI is InChI=1S/C13H15NO4/c1-9-4-3-5-10(6-7-12(16)17)13(9)18-8-11(15)14-2/h3-7H,8H2,1-2H3,(H,14,15)(H,16,17)/b7-6+. The average molecular weight is 249 g/mol. The Morgan fingerprint density at radius 1 is 1.44 bits per heavy atom. The van der Waals surface area contributed by atoms with E-state index in [1.54, 1.807) is 12.1 Å². The van der Waals surface area contributed by atoms with E-state index in [1.807, 2.05) is 13.0 Å². The number of carbonyl (C=O) groups is 2. The summed E-state index contributed by atoms with van der Waals surface area (Å²) in [5.74, 6) is -0.765. The molecule has 18 heavy (non-hydrogen) atoms. The third-order valence-corrected chi connectivity index (χ3v) is 2.27. The van der Waals surface area contributed by atoms with Gasteiger partial charge in [0.1, 0.15) is 5.75 Å². The summed E-state index contributed by atoms with van der Waals surface area (Å²) in [6, 6.07) is 5.35. The predicted octanol–water partition coefficient (Wildman–Crippen LogP) is 1.22. The zero-order chi connectivity index (χ0) is 13.5. The fourth-order valence-electron chi connectivity index (χ4n) is 1.37. The van der Waals surface area contributed by atoms with Crippen LogP contribution in [0.3, 0.4) is 0 Å². The number of amides is 1. The highest BCUT2D eigenvalue weighted by Crippen LogP contribution is 2.24. The van der Waals surface area contributed by atoms with Crippen LogP contribution in [0.15, 0.2) is 24.3 Å². The third kappa shape index (κ3) is 3.93. The van der Waals surface area contributed by atoms with Crippen molar-refractivity contribution in [2.75, 3.05) is 13.7 Å². The Labute approximate surface area is 105 Å². The summed E-state index contributed by atoms with van der Waals surface area (Å²) >= 11 is 0. The minimum Gasteiger partial charge on any atom is -0.483 e. The quantitative estimate of drug-likeness (QED) is 0.769. The molecule has 0 unspecified atom stereocenters. The molecule has 0 heterocycles. The summed E-state index contributed by atoms with van der Waals surface area (Å²) in [5, 5.41) is 11.0. The first-order chi connectivity index (χ1) is 8.54. The van der Waals surface area contributed by atoms with Crippen LogP contribution in [0.5, 0.6) is 5.75 Å². The number of carboxylic acid groups (broad SMARTS) is 1. The lowest BCUT2D eigenvalue weighted by Gasteiger charge is -2.11. The molecule has 96 valence electrons. The second-order valence-corrected chi connectivity index (χ2v) is 3.63. The highest BCUT2D eigenvalue weighted by Gasteiger charge is 2.07. The highest BCUT2D eigenvalue weighted by atomic mass is 16.5. The van der Waals surface area contributed by atoms with E-state index in [-0.39, 0.29) is 12.5 Å². The number of benzene rings is 1. The average Bonchev–Trinajstić information content (AvgIpc) is 2.34. The number of aliphatic carboxylic acids is 1. The Morgan fingerprint density at radius 3 is 2.78 bits per heavy atom. The molecule has 0 aliphatic heterocycles. The molecule has 0 bridgehead atoms. The Kier molecular flexibility index (Phi) is 4.92. The molecular formula is C13H15NO4. The molecule has 0 saturated carbocycles. The molecule has 0 radical (unpaired) electrons. The molecule has 0 saturated heterocycles. The number of nitrogens with one attached hydrogen (secondary N) is 1. The fraction of sp³-hybridized carbons (Fsp3) is 0.231. The number of likely N-dealkylation sites (N-methyl/N-ethyl adjacent to an activating group) is 1. The van der Waals surface area contributed by atoms with E-state index < -0.39 is 5.97 Å². The largest absolute Gasteiger partial charge is 0.483 e. The zero-order valence-corrected chi connectivity index (χ0v) is 10.3. The molecule has 2 N–H and O–H groups in total. The first-order valence-electron chi connectivity index (χ1n) is 5.38. The molecule has 0 spiro atoms. The van der Waals surface area contributed by atoms with Gasteiger partial charge in [0.25, 0.3) is 5.91 Å². The second kappa shape index (κ2) is 6.44. The van der Waals surface area contributed by atoms with E-state index in [0.29, 0.717) is 11.3 Å². The van der Waals surface area contributed by atoms with Crippen molar-refractivity contribution in [2.45, 2.75) is 6.92 Å². The molecular weight excluding hydrogens is 234 g/mol. The van der Waals surface area contributed by atoms with Gasteiger partial charge in [-0.1, -0.05) is 18.2 Å². The number of para-hydroxylation sites is 1. The van der Waals surface area contributed by atoms with Gasteiger partial charge in [0.15, 0.2) is 6.61 Å². The van der Waals surface area contributed by atoms with Crippen LogP contribution in [0.2, 0.25) is 0 Å². The SMILES string of the molecule is CNC(=O)COc1c(C)cccc1/C=C/C(=O)O. The van der Waals surface area contributed by atoms with Crippen molar-refractivity contribution in [3.05, 3.63) is 35.4 Å². The number of carbonyl (C=O) groups excluding carboxylic acids is 1. The van der Waals surface area contributed by atoms with Crippen LogP contribution in [0.25, 0.3) is 6.08 Å². The van der Waals surface area contributed by atoms with Crippen LogP contribution >= 0.6 is 0 Å². The lowest BCUT2D eigenvalue weighted by molar-refractivity contribution is -0.131. The monoisotopic (exact) mass is 249 g/mol. The van der Waals surface area contributed by atoms with Gasteiger partial charge in [0.05, 0.1) is 0 Å². The maximum Gasteiger partial charge on any atom is 0.328 e. The first-order valence-corrected chi connectivity index (χ1v) is 5.38. The predicted molar refractivity (Wildman–Crippen MR) is 67.4 cm³/mol. The van der Waals surface area contributed by atoms with Gasteiger partial charge in [0.2, 0.25) is 0 Å². The van der Waals surface area contributed by atoms with Crippen molar-refractivity contribution >= 4 is 18.0 Å². The van der Waals surface area contributed by atoms with Crippen molar-refractivity contribution in [2.24, 2.45) is 0 Å². The highest BCUT2D eigenvalue weighted by molar-refractivity contribution is 5.86. The topological polar surface area (TPSA) is 75.6 Å². The first kappa shape index (κ1) is 13.8. The number of hydrogen-bond acceptors (Lipinski definition) is 3. The lowest BCUT2D eigenvalue weighted by atomic mass is 10.1. The molecule has 5 heteroatoms. The number of hydrogen-bond donors (Lipinski definition) is 2. The fourth-order valence-corrected chi connectivity index (χ4v) is 1.37. The molecule has 0 aliphatic rings. The van der Waals surface area contributed by atoms with E-state index in [0.717, 1.165) is 11.6 Å². The van der Waals surface area contributed by atoms with Crippen LogP contribution < -0.4 is 10.1 Å². The Morgan fingerprint density at radius 2 is 2.17 bits per heavy atom. The van der Waals surface area contributed by atoms with E-state index in [9.17, 15) is 9.59 Å². The van der Waals surface area contributed by atoms with E-state index in [4.69, 9.17) is 9.84 Å². The van der Waals surface area contributed by atoms with Crippen molar-refractivity contribution in [3.8, 4) is 5.75 Å². The number of carboxylic acids is 1. The molecule has 1 rings (SSSR count). The van der Waals surface area contributed by atoms with Crippen LogP contribution in [-0.4, -0.2) is 30.6 Å². The molecule has 0 aromatic heterocycles. The lowest BCUT2D eigenvalue weighted by Crippen LogP contribution is -2.25. The molecule has 0 atom stereocenters. The van der Waals surface area contributed by atoms with Gasteiger partial charge in [-0.15, -0.1) is 0 Å². The van der Waals surface area contributed by atoms with Crippen molar-refractivity contribution in [1.82, 2.24) is 5.32 Å². The molecule has 1 aromatic carbocycles. The minimum atomic E-state index is -1.03. The van der Waals surface area contributed by atoms with E-state index >= 15 is 0 Å². The summed E-state index contributed by atoms with van der Waals surface area (Å²) in [6.45, 7) is 1.73. The number of rotatable bonds is 5. The van der Waals surface area contributed by atoms with Gasteiger partial charge in [-0.2, -0.15) is 0 Å². The van der Waals surface area contributed by atoms with Gasteiger partial charge in [-0.3, -0.25) is 4.79 Å². The third-order valence-electron chi connectivity index (χ3n) is 2.27. The Bertz CT molecular complexity index is 480. The molecule has 0 fully saturated rings. The Hall–Kier alpha value is -2.30. The van der Waals surface area contributed by atoms with Gasteiger partial charge < -0.3 is 15.2 Å². The zero-order valence-electron chi connectivity index (χ0n) is 10.3. The van der Waals surface area contributed by atoms with Crippen LogP contribution in [0, 0.1) is 6.92 Å². The van der Waals surface area contributed by atoms with Crippen LogP contribution in [0.4, 0.5) is 0 Å². The van der Waals surface area contributed by atoms with Gasteiger partial charge in [-0.25, -0.2) is 4.79 Å². The van der Waals surface area contributed by atoms with Crippen molar-refractivity contribution < 1.29 is 19.4 Å². The van der Waals surface area contributed by atoms with Crippen molar-refractivity contribution in [3.63, 3.8) is 0 Å².